The smallest absolute Gasteiger partial charge is 0.306 e. The van der Waals surface area contributed by atoms with Gasteiger partial charge in [-0.25, -0.2) is 0 Å². The van der Waals surface area contributed by atoms with Crippen LogP contribution in [0, 0.1) is 28.6 Å². The number of hydrogen-bond acceptors (Lipinski definition) is 5. The fraction of sp³-hybridized carbons (Fsp3) is 0.767. The van der Waals surface area contributed by atoms with Crippen molar-refractivity contribution in [2.45, 2.75) is 117 Å². The average Bonchev–Trinajstić information content (AvgIpc) is 3.08. The van der Waals surface area contributed by atoms with Crippen LogP contribution in [-0.2, 0) is 23.9 Å². The lowest BCUT2D eigenvalue weighted by Gasteiger charge is -2.58. The number of ether oxygens (including phenoxy) is 2. The Labute approximate surface area is 211 Å². The van der Waals surface area contributed by atoms with Gasteiger partial charge in [0, 0.05) is 18.8 Å². The van der Waals surface area contributed by atoms with Gasteiger partial charge in [0.2, 0.25) is 0 Å². The Balaban J connectivity index is 1.64. The molecule has 0 spiro atoms. The number of carbonyl (C=O) groups is 3. The second-order valence-corrected chi connectivity index (χ2v) is 12.1. The van der Waals surface area contributed by atoms with Crippen LogP contribution >= 0.6 is 0 Å². The molecule has 4 aliphatic rings. The maximum Gasteiger partial charge on any atom is 0.306 e. The van der Waals surface area contributed by atoms with Crippen LogP contribution in [0.25, 0.3) is 0 Å². The molecule has 0 saturated heterocycles. The van der Waals surface area contributed by atoms with Gasteiger partial charge in [-0.3, -0.25) is 14.4 Å². The Morgan fingerprint density at radius 2 is 1.69 bits per heavy atom. The SMILES string of the molecule is CCCCCC(=O)O[C@]1(C(C)=O)CC[C@H]2[C@H]3C=C(C)C4=C[C@H](OC(C)=O)CC[C@]4(C)[C@H]3CC[C@@]21C. The summed E-state index contributed by atoms with van der Waals surface area (Å²) in [5.74, 6) is 0.727. The zero-order valence-corrected chi connectivity index (χ0v) is 22.6. The highest BCUT2D eigenvalue weighted by Crippen LogP contribution is 2.68. The third-order valence-electron chi connectivity index (χ3n) is 10.2. The highest BCUT2D eigenvalue weighted by Gasteiger charge is 2.67. The van der Waals surface area contributed by atoms with E-state index in [2.05, 4.69) is 39.8 Å². The number of unbranched alkanes of at least 4 members (excludes halogenated alkanes) is 2. The lowest BCUT2D eigenvalue weighted by molar-refractivity contribution is -0.187. The number of Topliss-reactive ketones (excluding diaryl/α,β-unsaturated/α-hetero) is 1. The van der Waals surface area contributed by atoms with Crippen LogP contribution in [0.3, 0.4) is 0 Å². The Hall–Kier alpha value is -1.91. The molecule has 7 atom stereocenters. The quantitative estimate of drug-likeness (QED) is 0.305. The van der Waals surface area contributed by atoms with Gasteiger partial charge in [-0.1, -0.05) is 45.3 Å². The van der Waals surface area contributed by atoms with E-state index in [4.69, 9.17) is 9.47 Å². The van der Waals surface area contributed by atoms with Crippen molar-refractivity contribution in [1.82, 2.24) is 0 Å². The van der Waals surface area contributed by atoms with Crippen molar-refractivity contribution in [2.24, 2.45) is 28.6 Å². The molecule has 194 valence electrons. The molecule has 4 rings (SSSR count). The van der Waals surface area contributed by atoms with Crippen molar-refractivity contribution >= 4 is 17.7 Å². The van der Waals surface area contributed by atoms with Gasteiger partial charge >= 0.3 is 11.9 Å². The monoisotopic (exact) mass is 484 g/mol. The van der Waals surface area contributed by atoms with Crippen molar-refractivity contribution in [3.05, 3.63) is 23.3 Å². The molecule has 0 N–H and O–H groups in total. The molecule has 0 unspecified atom stereocenters. The maximum atomic E-state index is 13.2. The second-order valence-electron chi connectivity index (χ2n) is 12.1. The summed E-state index contributed by atoms with van der Waals surface area (Å²) < 4.78 is 11.8. The standard InChI is InChI=1S/C30H44O5/c1-7-8-9-10-27(33)35-30(20(3)31)16-13-25-23-17-19(2)26-18-22(34-21(4)32)11-14-28(26,5)24(23)12-15-29(25,30)6/h17-18,22-25H,7-16H2,1-6H3/t22-,23+,24+,25+,28-,29+,30+/m1/s1. The Bertz CT molecular complexity index is 946. The Morgan fingerprint density at radius 3 is 2.34 bits per heavy atom. The van der Waals surface area contributed by atoms with E-state index in [1.165, 1.54) is 18.1 Å². The van der Waals surface area contributed by atoms with Gasteiger partial charge in [-0.2, -0.15) is 0 Å². The minimum Gasteiger partial charge on any atom is -0.458 e. The van der Waals surface area contributed by atoms with Gasteiger partial charge in [-0.05, 0) is 93.6 Å². The number of allylic oxidation sites excluding steroid dienone is 3. The van der Waals surface area contributed by atoms with Crippen LogP contribution in [0.2, 0.25) is 0 Å². The highest BCUT2D eigenvalue weighted by molar-refractivity contribution is 5.89. The molecule has 0 amide bonds. The fourth-order valence-electron chi connectivity index (χ4n) is 8.44. The molecular weight excluding hydrogens is 440 g/mol. The molecule has 5 heteroatoms. The molecular formula is C30H44O5. The summed E-state index contributed by atoms with van der Waals surface area (Å²) in [5.41, 5.74) is 1.30. The van der Waals surface area contributed by atoms with E-state index >= 15 is 0 Å². The summed E-state index contributed by atoms with van der Waals surface area (Å²) in [5, 5.41) is 0. The zero-order valence-electron chi connectivity index (χ0n) is 22.6. The van der Waals surface area contributed by atoms with E-state index in [1.807, 2.05) is 0 Å². The Morgan fingerprint density at radius 1 is 0.971 bits per heavy atom. The van der Waals surface area contributed by atoms with Crippen molar-refractivity contribution in [3.8, 4) is 0 Å². The number of carbonyl (C=O) groups excluding carboxylic acids is 3. The van der Waals surface area contributed by atoms with Crippen LogP contribution in [-0.4, -0.2) is 29.4 Å². The summed E-state index contributed by atoms with van der Waals surface area (Å²) in [4.78, 5) is 37.6. The molecule has 0 heterocycles. The van der Waals surface area contributed by atoms with Crippen LogP contribution in [0.15, 0.2) is 23.3 Å². The summed E-state index contributed by atoms with van der Waals surface area (Å²) >= 11 is 0. The largest absolute Gasteiger partial charge is 0.458 e. The van der Waals surface area contributed by atoms with E-state index in [1.54, 1.807) is 6.92 Å². The third kappa shape index (κ3) is 4.21. The number of hydrogen-bond donors (Lipinski definition) is 0. The second kappa shape index (κ2) is 9.52. The Kier molecular flexibility index (Phi) is 7.11. The van der Waals surface area contributed by atoms with E-state index in [-0.39, 0.29) is 34.7 Å². The summed E-state index contributed by atoms with van der Waals surface area (Å²) in [6.45, 7) is 12.0. The summed E-state index contributed by atoms with van der Waals surface area (Å²) in [7, 11) is 0. The van der Waals surface area contributed by atoms with Gasteiger partial charge < -0.3 is 9.47 Å². The first-order chi connectivity index (χ1) is 16.5. The van der Waals surface area contributed by atoms with Gasteiger partial charge in [0.25, 0.3) is 0 Å². The van der Waals surface area contributed by atoms with Gasteiger partial charge in [-0.15, -0.1) is 0 Å². The molecule has 0 aromatic carbocycles. The number of fused-ring (bicyclic) bond motifs is 5. The topological polar surface area (TPSA) is 69.7 Å². The van der Waals surface area contributed by atoms with Gasteiger partial charge in [0.05, 0.1) is 0 Å². The van der Waals surface area contributed by atoms with E-state index in [9.17, 15) is 14.4 Å². The zero-order chi connectivity index (χ0) is 25.6. The molecule has 35 heavy (non-hydrogen) atoms. The van der Waals surface area contributed by atoms with Crippen LogP contribution in [0.4, 0.5) is 0 Å². The molecule has 0 aromatic rings. The summed E-state index contributed by atoms with van der Waals surface area (Å²) in [6.07, 6.45) is 13.0. The first kappa shape index (κ1) is 26.2. The van der Waals surface area contributed by atoms with E-state index < -0.39 is 5.60 Å². The lowest BCUT2D eigenvalue weighted by atomic mass is 9.47. The van der Waals surface area contributed by atoms with E-state index in [0.717, 1.165) is 51.4 Å². The normalized spacial score (nSPS) is 39.9. The van der Waals surface area contributed by atoms with Crippen molar-refractivity contribution in [2.75, 3.05) is 0 Å². The van der Waals surface area contributed by atoms with Crippen LogP contribution < -0.4 is 0 Å². The molecule has 0 bridgehead atoms. The average molecular weight is 485 g/mol. The number of esters is 2. The number of rotatable bonds is 7. The molecule has 0 aliphatic heterocycles. The molecule has 2 fully saturated rings. The van der Waals surface area contributed by atoms with Gasteiger partial charge in [0.1, 0.15) is 6.10 Å². The minimum atomic E-state index is -1.00. The minimum absolute atomic E-state index is 0.00925. The third-order valence-corrected chi connectivity index (χ3v) is 10.2. The van der Waals surface area contributed by atoms with Crippen molar-refractivity contribution in [3.63, 3.8) is 0 Å². The summed E-state index contributed by atoms with van der Waals surface area (Å²) in [6, 6.07) is 0. The highest BCUT2D eigenvalue weighted by atomic mass is 16.6. The first-order valence-electron chi connectivity index (χ1n) is 13.8. The molecule has 4 aliphatic carbocycles. The van der Waals surface area contributed by atoms with Crippen molar-refractivity contribution < 1.29 is 23.9 Å². The van der Waals surface area contributed by atoms with E-state index in [0.29, 0.717) is 30.6 Å². The molecule has 0 radical (unpaired) electrons. The number of ketones is 1. The molecule has 2 saturated carbocycles. The lowest BCUT2D eigenvalue weighted by Crippen LogP contribution is -2.58. The van der Waals surface area contributed by atoms with Crippen LogP contribution in [0.5, 0.6) is 0 Å². The molecule has 0 aromatic heterocycles. The van der Waals surface area contributed by atoms with Crippen LogP contribution in [0.1, 0.15) is 106 Å². The van der Waals surface area contributed by atoms with Crippen molar-refractivity contribution in [1.29, 1.82) is 0 Å². The first-order valence-corrected chi connectivity index (χ1v) is 13.8. The van der Waals surface area contributed by atoms with Gasteiger partial charge in [0.15, 0.2) is 11.4 Å². The fourth-order valence-corrected chi connectivity index (χ4v) is 8.44. The predicted molar refractivity (Wildman–Crippen MR) is 135 cm³/mol. The maximum absolute atomic E-state index is 13.2. The molecule has 5 nitrogen and oxygen atoms in total. The predicted octanol–water partition coefficient (Wildman–Crippen LogP) is 6.50.